The van der Waals surface area contributed by atoms with Gasteiger partial charge in [-0.05, 0) is 29.7 Å². The second-order valence-corrected chi connectivity index (χ2v) is 4.79. The van der Waals surface area contributed by atoms with E-state index in [1.165, 1.54) is 16.8 Å². The summed E-state index contributed by atoms with van der Waals surface area (Å²) >= 11 is 0. The van der Waals surface area contributed by atoms with Gasteiger partial charge >= 0.3 is 0 Å². The Morgan fingerprint density at radius 2 is 1.63 bits per heavy atom. The van der Waals surface area contributed by atoms with Crippen molar-refractivity contribution in [3.8, 4) is 0 Å². The summed E-state index contributed by atoms with van der Waals surface area (Å²) in [4.78, 5) is 2.24. The lowest BCUT2D eigenvalue weighted by Crippen LogP contribution is -2.30. The maximum absolute atomic E-state index is 5.97. The van der Waals surface area contributed by atoms with E-state index in [1.807, 2.05) is 6.07 Å². The first kappa shape index (κ1) is 13.6. The Morgan fingerprint density at radius 3 is 2.16 bits per heavy atom. The normalized spacial score (nSPS) is 12.2. The van der Waals surface area contributed by atoms with Crippen molar-refractivity contribution in [2.75, 3.05) is 18.5 Å². The predicted octanol–water partition coefficient (Wildman–Crippen LogP) is 3.39. The van der Waals surface area contributed by atoms with Crippen molar-refractivity contribution in [3.63, 3.8) is 0 Å². The van der Waals surface area contributed by atoms with Crippen LogP contribution < -0.4 is 10.6 Å². The maximum atomic E-state index is 5.97. The lowest BCUT2D eigenvalue weighted by molar-refractivity contribution is 0.680. The highest BCUT2D eigenvalue weighted by molar-refractivity contribution is 5.48. The minimum Gasteiger partial charge on any atom is -0.366 e. The van der Waals surface area contributed by atoms with Crippen LogP contribution >= 0.6 is 0 Å². The first-order valence-corrected chi connectivity index (χ1v) is 6.83. The summed E-state index contributed by atoms with van der Waals surface area (Å²) in [5, 5.41) is 0. The molecule has 2 N–H and O–H groups in total. The van der Waals surface area contributed by atoms with Crippen LogP contribution in [0, 0.1) is 0 Å². The van der Waals surface area contributed by atoms with Crippen LogP contribution in [0.2, 0.25) is 0 Å². The smallest absolute Gasteiger partial charge is 0.0661 e. The minimum atomic E-state index is 0.216. The first-order valence-electron chi connectivity index (χ1n) is 6.83. The van der Waals surface area contributed by atoms with E-state index in [2.05, 4.69) is 67.4 Å². The van der Waals surface area contributed by atoms with E-state index in [0.717, 1.165) is 6.42 Å². The summed E-state index contributed by atoms with van der Waals surface area (Å²) in [7, 11) is 2.10. The molecule has 0 aliphatic rings. The van der Waals surface area contributed by atoms with Crippen LogP contribution in [0.4, 0.5) is 5.69 Å². The molecule has 1 atom stereocenters. The van der Waals surface area contributed by atoms with E-state index in [-0.39, 0.29) is 6.04 Å². The fourth-order valence-electron chi connectivity index (χ4n) is 2.34. The zero-order chi connectivity index (χ0) is 13.7. The standard InChI is InChI=1S/C17H22N2/c1-3-14-9-11-15(12-10-14)17(13-18)19(2)16-7-5-4-6-8-16/h4-12,17H,3,13,18H2,1-2H3. The van der Waals surface area contributed by atoms with Crippen molar-refractivity contribution in [2.24, 2.45) is 5.73 Å². The number of aryl methyl sites for hydroxylation is 1. The Hall–Kier alpha value is -1.80. The zero-order valence-corrected chi connectivity index (χ0v) is 11.7. The number of para-hydroxylation sites is 1. The van der Waals surface area contributed by atoms with Gasteiger partial charge in [0.25, 0.3) is 0 Å². The van der Waals surface area contributed by atoms with Crippen LogP contribution in [0.5, 0.6) is 0 Å². The Kier molecular flexibility index (Phi) is 4.58. The minimum absolute atomic E-state index is 0.216. The van der Waals surface area contributed by atoms with Gasteiger partial charge in [0.15, 0.2) is 0 Å². The summed E-state index contributed by atoms with van der Waals surface area (Å²) in [6.07, 6.45) is 1.07. The van der Waals surface area contributed by atoms with E-state index in [4.69, 9.17) is 5.73 Å². The zero-order valence-electron chi connectivity index (χ0n) is 11.7. The second kappa shape index (κ2) is 6.39. The molecule has 0 saturated carbocycles. The average molecular weight is 254 g/mol. The van der Waals surface area contributed by atoms with Gasteiger partial charge < -0.3 is 10.6 Å². The van der Waals surface area contributed by atoms with Gasteiger partial charge in [-0.1, -0.05) is 49.4 Å². The molecule has 0 aliphatic heterocycles. The summed E-state index contributed by atoms with van der Waals surface area (Å²) in [6, 6.07) is 19.4. The number of nitrogens with two attached hydrogens (primary N) is 1. The number of nitrogens with zero attached hydrogens (tertiary/aromatic N) is 1. The molecule has 0 aliphatic carbocycles. The van der Waals surface area contributed by atoms with Gasteiger partial charge in [0.1, 0.15) is 0 Å². The molecule has 19 heavy (non-hydrogen) atoms. The molecule has 100 valence electrons. The lowest BCUT2D eigenvalue weighted by Gasteiger charge is -2.29. The largest absolute Gasteiger partial charge is 0.366 e. The summed E-state index contributed by atoms with van der Waals surface area (Å²) in [5.74, 6) is 0. The molecule has 2 rings (SSSR count). The van der Waals surface area contributed by atoms with E-state index in [0.29, 0.717) is 6.54 Å². The predicted molar refractivity (Wildman–Crippen MR) is 82.5 cm³/mol. The Balaban J connectivity index is 2.23. The third kappa shape index (κ3) is 3.15. The molecule has 0 radical (unpaired) electrons. The van der Waals surface area contributed by atoms with Crippen LogP contribution in [0.1, 0.15) is 24.1 Å². The SMILES string of the molecule is CCc1ccc(C(CN)N(C)c2ccccc2)cc1. The molecule has 2 heteroatoms. The molecular weight excluding hydrogens is 232 g/mol. The monoisotopic (exact) mass is 254 g/mol. The van der Waals surface area contributed by atoms with Gasteiger partial charge in [-0.2, -0.15) is 0 Å². The topological polar surface area (TPSA) is 29.3 Å². The van der Waals surface area contributed by atoms with Crippen LogP contribution in [-0.2, 0) is 6.42 Å². The van der Waals surface area contributed by atoms with Gasteiger partial charge in [0, 0.05) is 19.3 Å². The quantitative estimate of drug-likeness (QED) is 0.886. The van der Waals surface area contributed by atoms with E-state index in [9.17, 15) is 0 Å². The van der Waals surface area contributed by atoms with Crippen molar-refractivity contribution in [1.29, 1.82) is 0 Å². The highest BCUT2D eigenvalue weighted by atomic mass is 15.1. The average Bonchev–Trinajstić information content (AvgIpc) is 2.49. The van der Waals surface area contributed by atoms with Crippen molar-refractivity contribution < 1.29 is 0 Å². The number of rotatable bonds is 5. The molecule has 0 fully saturated rings. The number of hydrogen-bond acceptors (Lipinski definition) is 2. The van der Waals surface area contributed by atoms with Gasteiger partial charge in [-0.3, -0.25) is 0 Å². The molecule has 2 aromatic carbocycles. The van der Waals surface area contributed by atoms with Crippen LogP contribution in [0.3, 0.4) is 0 Å². The molecule has 0 saturated heterocycles. The number of anilines is 1. The summed E-state index contributed by atoms with van der Waals surface area (Å²) in [5.41, 5.74) is 9.80. The first-order chi connectivity index (χ1) is 9.26. The number of benzene rings is 2. The van der Waals surface area contributed by atoms with Gasteiger partial charge in [0.2, 0.25) is 0 Å². The van der Waals surface area contributed by atoms with Crippen molar-refractivity contribution >= 4 is 5.69 Å². The van der Waals surface area contributed by atoms with E-state index >= 15 is 0 Å². The van der Waals surface area contributed by atoms with Crippen LogP contribution in [-0.4, -0.2) is 13.6 Å². The highest BCUT2D eigenvalue weighted by Gasteiger charge is 2.15. The van der Waals surface area contributed by atoms with Gasteiger partial charge in [-0.15, -0.1) is 0 Å². The van der Waals surface area contributed by atoms with Crippen LogP contribution in [0.15, 0.2) is 54.6 Å². The Labute approximate surface area is 115 Å². The van der Waals surface area contributed by atoms with Crippen molar-refractivity contribution in [1.82, 2.24) is 0 Å². The van der Waals surface area contributed by atoms with Gasteiger partial charge in [-0.25, -0.2) is 0 Å². The lowest BCUT2D eigenvalue weighted by atomic mass is 10.0. The van der Waals surface area contributed by atoms with Crippen molar-refractivity contribution in [2.45, 2.75) is 19.4 Å². The summed E-state index contributed by atoms with van der Waals surface area (Å²) < 4.78 is 0. The maximum Gasteiger partial charge on any atom is 0.0661 e. The molecule has 0 aromatic heterocycles. The van der Waals surface area contributed by atoms with Crippen LogP contribution in [0.25, 0.3) is 0 Å². The van der Waals surface area contributed by atoms with Crippen molar-refractivity contribution in [3.05, 3.63) is 65.7 Å². The number of likely N-dealkylation sites (N-methyl/N-ethyl adjacent to an activating group) is 1. The molecule has 1 unspecified atom stereocenters. The van der Waals surface area contributed by atoms with Gasteiger partial charge in [0.05, 0.1) is 6.04 Å². The fourth-order valence-corrected chi connectivity index (χ4v) is 2.34. The molecule has 0 bridgehead atoms. The molecule has 2 nitrogen and oxygen atoms in total. The molecule has 0 heterocycles. The third-order valence-electron chi connectivity index (χ3n) is 3.63. The highest BCUT2D eigenvalue weighted by Crippen LogP contribution is 2.24. The summed E-state index contributed by atoms with van der Waals surface area (Å²) in [6.45, 7) is 2.78. The third-order valence-corrected chi connectivity index (χ3v) is 3.63. The van der Waals surface area contributed by atoms with E-state index < -0.39 is 0 Å². The molecule has 0 spiro atoms. The number of hydrogen-bond donors (Lipinski definition) is 1. The Bertz CT molecular complexity index is 490. The fraction of sp³-hybridized carbons (Fsp3) is 0.294. The second-order valence-electron chi connectivity index (χ2n) is 4.79. The molecule has 0 amide bonds. The Morgan fingerprint density at radius 1 is 1.00 bits per heavy atom. The van der Waals surface area contributed by atoms with E-state index in [1.54, 1.807) is 0 Å². The molecule has 2 aromatic rings. The molecular formula is C17H22N2.